The number of halogens is 1. The zero-order valence-corrected chi connectivity index (χ0v) is 10.7. The number of aliphatic hydroxyl groups excluding tert-OH is 1. The van der Waals surface area contributed by atoms with Crippen molar-refractivity contribution < 1.29 is 15.0 Å². The van der Waals surface area contributed by atoms with Crippen molar-refractivity contribution in [2.24, 2.45) is 10.8 Å². The summed E-state index contributed by atoms with van der Waals surface area (Å²) in [5.74, 6) is -0.756. The molecule has 15 heavy (non-hydrogen) atoms. The zero-order valence-electron chi connectivity index (χ0n) is 9.09. The second-order valence-corrected chi connectivity index (χ2v) is 7.27. The Labute approximate surface area is 98.0 Å². The standard InChI is InChI=1S/C11H17BrO3/c1-9(2)8(15)11(12)4-3-10(9,6-11)5-7(13)14/h8,15H,3-6H2,1-2H3,(H,13,14)/t8-,10-,11+/m1/s1. The Hall–Kier alpha value is -0.0900. The van der Waals surface area contributed by atoms with Crippen LogP contribution in [0.3, 0.4) is 0 Å². The smallest absolute Gasteiger partial charge is 0.303 e. The van der Waals surface area contributed by atoms with E-state index in [0.717, 1.165) is 19.3 Å². The summed E-state index contributed by atoms with van der Waals surface area (Å²) >= 11 is 3.61. The van der Waals surface area contributed by atoms with E-state index in [1.165, 1.54) is 0 Å². The summed E-state index contributed by atoms with van der Waals surface area (Å²) < 4.78 is -0.244. The molecule has 0 amide bonds. The van der Waals surface area contributed by atoms with Crippen molar-refractivity contribution in [2.75, 3.05) is 0 Å². The van der Waals surface area contributed by atoms with Gasteiger partial charge in [0.15, 0.2) is 0 Å². The predicted octanol–water partition coefficient (Wildman–Crippen LogP) is 2.17. The topological polar surface area (TPSA) is 57.5 Å². The van der Waals surface area contributed by atoms with Crippen LogP contribution in [0.2, 0.25) is 0 Å². The van der Waals surface area contributed by atoms with E-state index in [0.29, 0.717) is 0 Å². The molecule has 4 heteroatoms. The predicted molar refractivity (Wildman–Crippen MR) is 60.0 cm³/mol. The van der Waals surface area contributed by atoms with Crippen molar-refractivity contribution in [3.05, 3.63) is 0 Å². The minimum Gasteiger partial charge on any atom is -0.481 e. The van der Waals surface area contributed by atoms with Gasteiger partial charge >= 0.3 is 5.97 Å². The van der Waals surface area contributed by atoms with Crippen molar-refractivity contribution in [3.8, 4) is 0 Å². The van der Waals surface area contributed by atoms with Gasteiger partial charge in [-0.2, -0.15) is 0 Å². The van der Waals surface area contributed by atoms with Crippen LogP contribution < -0.4 is 0 Å². The number of aliphatic hydroxyl groups is 1. The van der Waals surface area contributed by atoms with E-state index in [9.17, 15) is 9.90 Å². The van der Waals surface area contributed by atoms with Crippen molar-refractivity contribution >= 4 is 21.9 Å². The number of alkyl halides is 1. The Kier molecular flexibility index (Phi) is 2.26. The molecule has 2 bridgehead atoms. The fraction of sp³-hybridized carbons (Fsp3) is 0.909. The van der Waals surface area contributed by atoms with Gasteiger partial charge in [-0.25, -0.2) is 0 Å². The number of fused-ring (bicyclic) bond motifs is 2. The number of hydrogen-bond acceptors (Lipinski definition) is 2. The molecule has 2 aliphatic carbocycles. The van der Waals surface area contributed by atoms with Gasteiger partial charge in [-0.05, 0) is 30.1 Å². The molecular formula is C11H17BrO3. The molecule has 0 aromatic carbocycles. The van der Waals surface area contributed by atoms with E-state index in [-0.39, 0.29) is 21.6 Å². The third-order valence-electron chi connectivity index (χ3n) is 4.68. The van der Waals surface area contributed by atoms with Gasteiger partial charge in [0.2, 0.25) is 0 Å². The molecule has 0 aromatic heterocycles. The van der Waals surface area contributed by atoms with Crippen LogP contribution in [0.4, 0.5) is 0 Å². The number of carboxylic acids is 1. The fourth-order valence-electron chi connectivity index (χ4n) is 3.57. The lowest BCUT2D eigenvalue weighted by atomic mass is 9.62. The zero-order chi connectivity index (χ0) is 11.5. The van der Waals surface area contributed by atoms with E-state index in [4.69, 9.17) is 5.11 Å². The number of rotatable bonds is 2. The average Bonchev–Trinajstić information content (AvgIpc) is 2.48. The summed E-state index contributed by atoms with van der Waals surface area (Å²) in [6.45, 7) is 3.98. The maximum atomic E-state index is 10.9. The first kappa shape index (κ1) is 11.4. The fourth-order valence-corrected chi connectivity index (χ4v) is 4.88. The number of carboxylic acid groups (broad SMARTS) is 1. The van der Waals surface area contributed by atoms with Crippen molar-refractivity contribution in [1.82, 2.24) is 0 Å². The van der Waals surface area contributed by atoms with Gasteiger partial charge < -0.3 is 10.2 Å². The van der Waals surface area contributed by atoms with Crippen LogP contribution in [0.15, 0.2) is 0 Å². The Morgan fingerprint density at radius 3 is 2.47 bits per heavy atom. The quantitative estimate of drug-likeness (QED) is 0.760. The van der Waals surface area contributed by atoms with Crippen LogP contribution in [0, 0.1) is 10.8 Å². The van der Waals surface area contributed by atoms with Crippen LogP contribution in [0.5, 0.6) is 0 Å². The van der Waals surface area contributed by atoms with Crippen LogP contribution in [0.1, 0.15) is 39.5 Å². The molecule has 0 spiro atoms. The minimum atomic E-state index is -0.756. The molecule has 0 heterocycles. The van der Waals surface area contributed by atoms with E-state index in [2.05, 4.69) is 15.9 Å². The van der Waals surface area contributed by atoms with Crippen LogP contribution >= 0.6 is 15.9 Å². The summed E-state index contributed by atoms with van der Waals surface area (Å²) in [6.07, 6.45) is 2.28. The minimum absolute atomic E-state index is 0.171. The maximum Gasteiger partial charge on any atom is 0.303 e. The molecule has 2 N–H and O–H groups in total. The summed E-state index contributed by atoms with van der Waals surface area (Å²) in [5, 5.41) is 19.2. The first-order valence-electron chi connectivity index (χ1n) is 5.32. The average molecular weight is 277 g/mol. The second kappa shape index (κ2) is 2.98. The van der Waals surface area contributed by atoms with Gasteiger partial charge in [-0.15, -0.1) is 0 Å². The van der Waals surface area contributed by atoms with E-state index in [1.54, 1.807) is 0 Å². The summed E-state index contributed by atoms with van der Waals surface area (Å²) in [5.41, 5.74) is -0.547. The molecule has 2 saturated carbocycles. The molecule has 86 valence electrons. The molecule has 3 atom stereocenters. The normalized spacial score (nSPS) is 47.1. The lowest BCUT2D eigenvalue weighted by Gasteiger charge is -2.44. The monoisotopic (exact) mass is 276 g/mol. The molecule has 0 aliphatic heterocycles. The Bertz CT molecular complexity index is 315. The highest BCUT2D eigenvalue weighted by Crippen LogP contribution is 2.69. The number of carbonyl (C=O) groups is 1. The van der Waals surface area contributed by atoms with E-state index < -0.39 is 12.1 Å². The molecule has 0 aromatic rings. The molecule has 3 nitrogen and oxygen atoms in total. The van der Waals surface area contributed by atoms with Gasteiger partial charge in [-0.1, -0.05) is 29.8 Å². The summed E-state index contributed by atoms with van der Waals surface area (Å²) in [4.78, 5) is 10.9. The maximum absolute atomic E-state index is 10.9. The molecular weight excluding hydrogens is 260 g/mol. The Morgan fingerprint density at radius 1 is 1.47 bits per heavy atom. The SMILES string of the molecule is CC1(C)[C@@H](O)[C@]2(Br)CC[C@@]1(CC(=O)O)C2. The van der Waals surface area contributed by atoms with Gasteiger partial charge in [-0.3, -0.25) is 4.79 Å². The van der Waals surface area contributed by atoms with Gasteiger partial charge in [0, 0.05) is 0 Å². The highest BCUT2D eigenvalue weighted by molar-refractivity contribution is 9.10. The van der Waals surface area contributed by atoms with Crippen molar-refractivity contribution in [1.29, 1.82) is 0 Å². The third kappa shape index (κ3) is 1.30. The van der Waals surface area contributed by atoms with Crippen LogP contribution in [0.25, 0.3) is 0 Å². The molecule has 0 unspecified atom stereocenters. The van der Waals surface area contributed by atoms with Crippen LogP contribution in [-0.4, -0.2) is 26.6 Å². The number of hydrogen-bond donors (Lipinski definition) is 2. The second-order valence-electron chi connectivity index (χ2n) is 5.69. The van der Waals surface area contributed by atoms with Gasteiger partial charge in [0.25, 0.3) is 0 Å². The lowest BCUT2D eigenvalue weighted by molar-refractivity contribution is -0.143. The van der Waals surface area contributed by atoms with E-state index >= 15 is 0 Å². The lowest BCUT2D eigenvalue weighted by Crippen LogP contribution is -2.46. The number of aliphatic carboxylic acids is 1. The van der Waals surface area contributed by atoms with E-state index in [1.807, 2.05) is 13.8 Å². The highest BCUT2D eigenvalue weighted by Gasteiger charge is 2.68. The third-order valence-corrected chi connectivity index (χ3v) is 5.79. The molecule has 0 radical (unpaired) electrons. The van der Waals surface area contributed by atoms with Crippen molar-refractivity contribution in [2.45, 2.75) is 50.0 Å². The van der Waals surface area contributed by atoms with Gasteiger partial charge in [0.1, 0.15) is 0 Å². The molecule has 0 saturated heterocycles. The van der Waals surface area contributed by atoms with Crippen molar-refractivity contribution in [3.63, 3.8) is 0 Å². The first-order chi connectivity index (χ1) is 6.74. The van der Waals surface area contributed by atoms with Gasteiger partial charge in [0.05, 0.1) is 16.8 Å². The Morgan fingerprint density at radius 2 is 2.07 bits per heavy atom. The molecule has 2 rings (SSSR count). The summed E-state index contributed by atoms with van der Waals surface area (Å²) in [7, 11) is 0. The molecule has 2 aliphatic rings. The Balaban J connectivity index is 2.37. The van der Waals surface area contributed by atoms with Crippen LogP contribution in [-0.2, 0) is 4.79 Å². The first-order valence-corrected chi connectivity index (χ1v) is 6.12. The largest absolute Gasteiger partial charge is 0.481 e. The highest BCUT2D eigenvalue weighted by atomic mass is 79.9. The summed E-state index contributed by atoms with van der Waals surface area (Å²) in [6, 6.07) is 0. The molecule has 2 fully saturated rings.